The number of anilines is 1. The minimum atomic E-state index is -0.637. The van der Waals surface area contributed by atoms with E-state index in [0.29, 0.717) is 18.9 Å². The first-order valence-corrected chi connectivity index (χ1v) is 7.64. The second-order valence-corrected chi connectivity index (χ2v) is 5.32. The molecule has 0 saturated carbocycles. The van der Waals surface area contributed by atoms with Crippen LogP contribution >= 0.6 is 0 Å². The quantitative estimate of drug-likeness (QED) is 0.689. The average Bonchev–Trinajstić information content (AvgIpc) is 3.09. The fourth-order valence-corrected chi connectivity index (χ4v) is 2.35. The highest BCUT2D eigenvalue weighted by molar-refractivity contribution is 5.53. The van der Waals surface area contributed by atoms with Gasteiger partial charge in [0.2, 0.25) is 0 Å². The largest absolute Gasteiger partial charge is 0.497 e. The van der Waals surface area contributed by atoms with E-state index in [2.05, 4.69) is 20.8 Å². The second-order valence-electron chi connectivity index (χ2n) is 5.32. The number of benzene rings is 2. The monoisotopic (exact) mass is 325 g/mol. The number of nitrogens with one attached hydrogen (secondary N) is 1. The zero-order chi connectivity index (χ0) is 16.8. The van der Waals surface area contributed by atoms with Crippen LogP contribution in [0.15, 0.2) is 54.6 Å². The Morgan fingerprint density at radius 1 is 1.17 bits per heavy atom. The van der Waals surface area contributed by atoms with Crippen LogP contribution < -0.4 is 10.1 Å². The first-order chi connectivity index (χ1) is 11.8. The molecule has 7 heteroatoms. The molecule has 2 aromatic carbocycles. The zero-order valence-corrected chi connectivity index (χ0v) is 13.3. The second kappa shape index (κ2) is 7.56. The fraction of sp³-hybridized carbons (Fsp3) is 0.235. The van der Waals surface area contributed by atoms with E-state index in [1.54, 1.807) is 11.8 Å². The van der Waals surface area contributed by atoms with Gasteiger partial charge in [0, 0.05) is 23.9 Å². The lowest BCUT2D eigenvalue weighted by molar-refractivity contribution is 0.161. The van der Waals surface area contributed by atoms with Crippen molar-refractivity contribution in [2.75, 3.05) is 19.0 Å². The summed E-state index contributed by atoms with van der Waals surface area (Å²) in [6.07, 6.45) is -0.637. The Bertz CT molecular complexity index is 775. The first kappa shape index (κ1) is 15.9. The summed E-state index contributed by atoms with van der Waals surface area (Å²) in [5.74, 6) is 1.40. The van der Waals surface area contributed by atoms with Crippen LogP contribution in [-0.2, 0) is 6.54 Å². The first-order valence-electron chi connectivity index (χ1n) is 7.64. The normalized spacial score (nSPS) is 11.9. The minimum absolute atomic E-state index is 0.300. The van der Waals surface area contributed by atoms with Gasteiger partial charge >= 0.3 is 0 Å². The molecule has 2 N–H and O–H groups in total. The highest BCUT2D eigenvalue weighted by Crippen LogP contribution is 2.17. The number of hydrogen-bond acceptors (Lipinski definition) is 6. The van der Waals surface area contributed by atoms with E-state index in [1.807, 2.05) is 54.6 Å². The van der Waals surface area contributed by atoms with E-state index in [4.69, 9.17) is 4.74 Å². The molecule has 0 aliphatic carbocycles. The minimum Gasteiger partial charge on any atom is -0.497 e. The van der Waals surface area contributed by atoms with Gasteiger partial charge < -0.3 is 15.2 Å². The lowest BCUT2D eigenvalue weighted by atomic mass is 10.2. The van der Waals surface area contributed by atoms with Gasteiger partial charge in [-0.25, -0.2) is 4.68 Å². The van der Waals surface area contributed by atoms with Crippen LogP contribution in [0, 0.1) is 0 Å². The number of methoxy groups -OCH3 is 1. The molecule has 0 amide bonds. The molecule has 1 aromatic heterocycles. The predicted molar refractivity (Wildman–Crippen MR) is 90.7 cm³/mol. The Labute approximate surface area is 139 Å². The summed E-state index contributed by atoms with van der Waals surface area (Å²) in [5, 5.41) is 25.2. The zero-order valence-electron chi connectivity index (χ0n) is 13.3. The number of nitrogens with zero attached hydrogens (tertiary/aromatic N) is 4. The van der Waals surface area contributed by atoms with E-state index in [-0.39, 0.29) is 0 Å². The molecule has 0 saturated heterocycles. The van der Waals surface area contributed by atoms with Crippen LogP contribution in [-0.4, -0.2) is 45.1 Å². The maximum Gasteiger partial charge on any atom is 0.182 e. The van der Waals surface area contributed by atoms with Gasteiger partial charge in [-0.05, 0) is 22.6 Å². The summed E-state index contributed by atoms with van der Waals surface area (Å²) in [7, 11) is 1.62. The molecule has 1 atom stereocenters. The molecule has 3 aromatic rings. The van der Waals surface area contributed by atoms with Gasteiger partial charge in [0.05, 0.1) is 19.8 Å². The number of aromatic nitrogens is 4. The molecule has 0 radical (unpaired) electrons. The van der Waals surface area contributed by atoms with Crippen LogP contribution in [0.25, 0.3) is 11.4 Å². The summed E-state index contributed by atoms with van der Waals surface area (Å²) in [5.41, 5.74) is 1.80. The average molecular weight is 325 g/mol. The van der Waals surface area contributed by atoms with Crippen molar-refractivity contribution in [3.8, 4) is 17.1 Å². The van der Waals surface area contributed by atoms with Gasteiger partial charge in [0.15, 0.2) is 5.82 Å². The molecule has 1 unspecified atom stereocenters. The number of aliphatic hydroxyl groups is 1. The summed E-state index contributed by atoms with van der Waals surface area (Å²) < 4.78 is 6.78. The van der Waals surface area contributed by atoms with E-state index in [1.165, 1.54) is 0 Å². The molecule has 24 heavy (non-hydrogen) atoms. The third-order valence-corrected chi connectivity index (χ3v) is 3.56. The predicted octanol–water partition coefficient (Wildman–Crippen LogP) is 1.82. The molecule has 3 rings (SSSR count). The van der Waals surface area contributed by atoms with E-state index in [0.717, 1.165) is 17.0 Å². The lowest BCUT2D eigenvalue weighted by Crippen LogP contribution is -2.26. The van der Waals surface area contributed by atoms with E-state index < -0.39 is 6.10 Å². The Morgan fingerprint density at radius 3 is 2.79 bits per heavy atom. The van der Waals surface area contributed by atoms with Gasteiger partial charge in [-0.15, -0.1) is 5.10 Å². The molecule has 124 valence electrons. The molecule has 1 heterocycles. The van der Waals surface area contributed by atoms with Crippen molar-refractivity contribution in [3.05, 3.63) is 54.6 Å². The SMILES string of the molecule is COc1cccc(NCC(O)Cn2nnnc2-c2ccccc2)c1. The topological polar surface area (TPSA) is 85.1 Å². The molecule has 0 fully saturated rings. The highest BCUT2D eigenvalue weighted by Gasteiger charge is 2.13. The van der Waals surface area contributed by atoms with Crippen LogP contribution in [0.1, 0.15) is 0 Å². The smallest absolute Gasteiger partial charge is 0.182 e. The van der Waals surface area contributed by atoms with Crippen molar-refractivity contribution in [2.24, 2.45) is 0 Å². The number of hydrogen-bond donors (Lipinski definition) is 2. The Balaban J connectivity index is 1.61. The van der Waals surface area contributed by atoms with Gasteiger partial charge in [0.25, 0.3) is 0 Å². The third-order valence-electron chi connectivity index (χ3n) is 3.56. The van der Waals surface area contributed by atoms with Crippen LogP contribution in [0.2, 0.25) is 0 Å². The van der Waals surface area contributed by atoms with Crippen molar-refractivity contribution in [2.45, 2.75) is 12.6 Å². The summed E-state index contributed by atoms with van der Waals surface area (Å²) in [4.78, 5) is 0. The fourth-order valence-electron chi connectivity index (χ4n) is 2.35. The standard InChI is InChI=1S/C17H19N5O2/c1-24-16-9-5-8-14(10-16)18-11-15(23)12-22-17(19-20-21-22)13-6-3-2-4-7-13/h2-10,15,18,23H,11-12H2,1H3. The molecule has 0 spiro atoms. The van der Waals surface area contributed by atoms with Crippen molar-refractivity contribution < 1.29 is 9.84 Å². The van der Waals surface area contributed by atoms with E-state index >= 15 is 0 Å². The van der Waals surface area contributed by atoms with E-state index in [9.17, 15) is 5.11 Å². The van der Waals surface area contributed by atoms with Crippen molar-refractivity contribution >= 4 is 5.69 Å². The van der Waals surface area contributed by atoms with Crippen molar-refractivity contribution in [1.29, 1.82) is 0 Å². The molecule has 7 nitrogen and oxygen atoms in total. The lowest BCUT2D eigenvalue weighted by Gasteiger charge is -2.14. The Morgan fingerprint density at radius 2 is 2.00 bits per heavy atom. The maximum atomic E-state index is 10.3. The number of aliphatic hydroxyl groups excluding tert-OH is 1. The summed E-state index contributed by atoms with van der Waals surface area (Å²) in [6, 6.07) is 17.2. The molecule has 0 bridgehead atoms. The molecule has 0 aliphatic heterocycles. The van der Waals surface area contributed by atoms with Crippen LogP contribution in [0.5, 0.6) is 5.75 Å². The number of ether oxygens (including phenoxy) is 1. The van der Waals surface area contributed by atoms with Crippen molar-refractivity contribution in [1.82, 2.24) is 20.2 Å². The van der Waals surface area contributed by atoms with Crippen LogP contribution in [0.3, 0.4) is 0 Å². The van der Waals surface area contributed by atoms with Gasteiger partial charge in [-0.2, -0.15) is 0 Å². The molecular weight excluding hydrogens is 306 g/mol. The Hall–Kier alpha value is -2.93. The third kappa shape index (κ3) is 3.88. The van der Waals surface area contributed by atoms with Crippen molar-refractivity contribution in [3.63, 3.8) is 0 Å². The maximum absolute atomic E-state index is 10.3. The van der Waals surface area contributed by atoms with Gasteiger partial charge in [0.1, 0.15) is 5.75 Å². The number of tetrazole rings is 1. The number of rotatable bonds is 7. The molecule has 0 aliphatic rings. The summed E-state index contributed by atoms with van der Waals surface area (Å²) in [6.45, 7) is 0.676. The highest BCUT2D eigenvalue weighted by atomic mass is 16.5. The van der Waals surface area contributed by atoms with Gasteiger partial charge in [-0.3, -0.25) is 0 Å². The van der Waals surface area contributed by atoms with Gasteiger partial charge in [-0.1, -0.05) is 36.4 Å². The Kier molecular flexibility index (Phi) is 5.02. The summed E-state index contributed by atoms with van der Waals surface area (Å²) >= 11 is 0. The molecular formula is C17H19N5O2. The van der Waals surface area contributed by atoms with Crippen LogP contribution in [0.4, 0.5) is 5.69 Å².